The van der Waals surface area contributed by atoms with Gasteiger partial charge in [-0.15, -0.1) is 0 Å². The number of rotatable bonds is 6. The van der Waals surface area contributed by atoms with Gasteiger partial charge in [0.05, 0.1) is 5.69 Å². The second kappa shape index (κ2) is 6.84. The first-order chi connectivity index (χ1) is 10.7. The smallest absolute Gasteiger partial charge is 0.244 e. The highest BCUT2D eigenvalue weighted by atomic mass is 32.2. The number of hydrogen-bond donors (Lipinski definition) is 1. The Hall–Kier alpha value is -1.66. The normalized spacial score (nSPS) is 13.5. The van der Waals surface area contributed by atoms with Gasteiger partial charge in [0.1, 0.15) is 4.90 Å². The highest BCUT2D eigenvalue weighted by molar-refractivity contribution is 7.89. The molecule has 126 valence electrons. The van der Waals surface area contributed by atoms with E-state index in [1.54, 1.807) is 14.0 Å². The van der Waals surface area contributed by atoms with Gasteiger partial charge in [0.25, 0.3) is 0 Å². The standard InChI is InChI=1S/C17H25N3O2S/c1-6-16(15-9-7-14(8-10-15)12(2)3)19-23(21,22)17-11-20(5)18-13(17)4/h7-12,16,19H,6H2,1-5H3. The summed E-state index contributed by atoms with van der Waals surface area (Å²) in [6, 6.07) is 7.88. The van der Waals surface area contributed by atoms with E-state index in [2.05, 4.69) is 35.8 Å². The maximum Gasteiger partial charge on any atom is 0.244 e. The summed E-state index contributed by atoms with van der Waals surface area (Å²) in [5.74, 6) is 0.457. The van der Waals surface area contributed by atoms with Crippen molar-refractivity contribution in [3.63, 3.8) is 0 Å². The quantitative estimate of drug-likeness (QED) is 0.881. The average Bonchev–Trinajstić information content (AvgIpc) is 2.84. The molecule has 6 heteroatoms. The van der Waals surface area contributed by atoms with Crippen LogP contribution in [0.15, 0.2) is 35.4 Å². The fourth-order valence-electron chi connectivity index (χ4n) is 2.59. The van der Waals surface area contributed by atoms with E-state index in [0.717, 1.165) is 5.56 Å². The van der Waals surface area contributed by atoms with Crippen molar-refractivity contribution >= 4 is 10.0 Å². The lowest BCUT2D eigenvalue weighted by molar-refractivity contribution is 0.549. The first kappa shape index (κ1) is 17.7. The van der Waals surface area contributed by atoms with Crippen LogP contribution in [0, 0.1) is 6.92 Å². The van der Waals surface area contributed by atoms with E-state index in [9.17, 15) is 8.42 Å². The molecule has 0 aliphatic carbocycles. The lowest BCUT2D eigenvalue weighted by Crippen LogP contribution is -2.28. The van der Waals surface area contributed by atoms with Gasteiger partial charge >= 0.3 is 0 Å². The molecule has 0 aliphatic heterocycles. The van der Waals surface area contributed by atoms with Crippen LogP contribution in [0.1, 0.15) is 56.0 Å². The number of sulfonamides is 1. The topological polar surface area (TPSA) is 64.0 Å². The molecule has 2 aromatic rings. The average molecular weight is 335 g/mol. The number of benzene rings is 1. The van der Waals surface area contributed by atoms with Gasteiger partial charge in [-0.2, -0.15) is 5.10 Å². The van der Waals surface area contributed by atoms with Crippen LogP contribution in [-0.2, 0) is 17.1 Å². The Morgan fingerprint density at radius 2 is 1.74 bits per heavy atom. The van der Waals surface area contributed by atoms with E-state index in [0.29, 0.717) is 18.0 Å². The second-order valence-electron chi connectivity index (χ2n) is 6.16. The van der Waals surface area contributed by atoms with Crippen LogP contribution in [-0.4, -0.2) is 18.2 Å². The van der Waals surface area contributed by atoms with Crippen molar-refractivity contribution < 1.29 is 8.42 Å². The maximum absolute atomic E-state index is 12.6. The minimum Gasteiger partial charge on any atom is -0.274 e. The van der Waals surface area contributed by atoms with E-state index in [1.165, 1.54) is 16.4 Å². The molecule has 2 rings (SSSR count). The monoisotopic (exact) mass is 335 g/mol. The van der Waals surface area contributed by atoms with Crippen molar-refractivity contribution in [2.45, 2.75) is 51.0 Å². The van der Waals surface area contributed by atoms with Gasteiger partial charge in [0, 0.05) is 19.3 Å². The highest BCUT2D eigenvalue weighted by Crippen LogP contribution is 2.23. The molecule has 1 aromatic heterocycles. The Bertz CT molecular complexity index is 762. The predicted octanol–water partition coefficient (Wildman–Crippen LogP) is 3.28. The van der Waals surface area contributed by atoms with Gasteiger partial charge < -0.3 is 0 Å². The summed E-state index contributed by atoms with van der Waals surface area (Å²) >= 11 is 0. The van der Waals surface area contributed by atoms with Crippen molar-refractivity contribution in [3.05, 3.63) is 47.3 Å². The molecule has 0 saturated heterocycles. The van der Waals surface area contributed by atoms with Crippen molar-refractivity contribution in [3.8, 4) is 0 Å². The van der Waals surface area contributed by atoms with E-state index < -0.39 is 10.0 Å². The minimum absolute atomic E-state index is 0.234. The van der Waals surface area contributed by atoms with Crippen molar-refractivity contribution in [2.75, 3.05) is 0 Å². The Balaban J connectivity index is 2.26. The van der Waals surface area contributed by atoms with Crippen LogP contribution in [0.2, 0.25) is 0 Å². The molecule has 0 aliphatic rings. The molecule has 1 atom stereocenters. The molecule has 1 N–H and O–H groups in total. The van der Waals surface area contributed by atoms with Crippen LogP contribution in [0.3, 0.4) is 0 Å². The van der Waals surface area contributed by atoms with Crippen LogP contribution in [0.25, 0.3) is 0 Å². The fourth-order valence-corrected chi connectivity index (χ4v) is 4.12. The summed E-state index contributed by atoms with van der Waals surface area (Å²) in [6.07, 6.45) is 2.21. The molecule has 0 amide bonds. The Labute approximate surface area is 138 Å². The summed E-state index contributed by atoms with van der Waals surface area (Å²) in [5, 5.41) is 4.11. The zero-order chi connectivity index (χ0) is 17.2. The predicted molar refractivity (Wildman–Crippen MR) is 91.8 cm³/mol. The van der Waals surface area contributed by atoms with E-state index in [1.807, 2.05) is 19.1 Å². The SMILES string of the molecule is CCC(NS(=O)(=O)c1cn(C)nc1C)c1ccc(C(C)C)cc1. The summed E-state index contributed by atoms with van der Waals surface area (Å²) < 4.78 is 29.6. The largest absolute Gasteiger partial charge is 0.274 e. The summed E-state index contributed by atoms with van der Waals surface area (Å²) in [4.78, 5) is 0.234. The van der Waals surface area contributed by atoms with Crippen LogP contribution in [0.5, 0.6) is 0 Å². The third kappa shape index (κ3) is 4.00. The van der Waals surface area contributed by atoms with Crippen LogP contribution in [0.4, 0.5) is 0 Å². The first-order valence-corrected chi connectivity index (χ1v) is 9.35. The zero-order valence-corrected chi connectivity index (χ0v) is 15.2. The molecule has 0 spiro atoms. The minimum atomic E-state index is -3.59. The van der Waals surface area contributed by atoms with Gasteiger partial charge in [-0.3, -0.25) is 4.68 Å². The number of nitrogens with zero attached hydrogens (tertiary/aromatic N) is 2. The Morgan fingerprint density at radius 3 is 2.17 bits per heavy atom. The maximum atomic E-state index is 12.6. The molecule has 0 bridgehead atoms. The molecule has 0 radical (unpaired) electrons. The number of hydrogen-bond acceptors (Lipinski definition) is 3. The number of aromatic nitrogens is 2. The molecule has 1 aromatic carbocycles. The van der Waals surface area contributed by atoms with E-state index >= 15 is 0 Å². The highest BCUT2D eigenvalue weighted by Gasteiger charge is 2.24. The zero-order valence-electron chi connectivity index (χ0n) is 14.4. The van der Waals surface area contributed by atoms with Gasteiger partial charge in [-0.05, 0) is 30.4 Å². The van der Waals surface area contributed by atoms with Crippen molar-refractivity contribution in [2.24, 2.45) is 7.05 Å². The van der Waals surface area contributed by atoms with Crippen molar-refractivity contribution in [1.29, 1.82) is 0 Å². The molecule has 1 unspecified atom stereocenters. The molecular formula is C17H25N3O2S. The van der Waals surface area contributed by atoms with Gasteiger partial charge in [-0.1, -0.05) is 45.0 Å². The van der Waals surface area contributed by atoms with Crippen LogP contribution < -0.4 is 4.72 Å². The first-order valence-electron chi connectivity index (χ1n) is 7.87. The molecular weight excluding hydrogens is 310 g/mol. The summed E-state index contributed by atoms with van der Waals surface area (Å²) in [6.45, 7) is 7.95. The van der Waals surface area contributed by atoms with Gasteiger partial charge in [-0.25, -0.2) is 13.1 Å². The van der Waals surface area contributed by atoms with Gasteiger partial charge in [0.2, 0.25) is 10.0 Å². The third-order valence-corrected chi connectivity index (χ3v) is 5.54. The molecule has 23 heavy (non-hydrogen) atoms. The van der Waals surface area contributed by atoms with Gasteiger partial charge in [0.15, 0.2) is 0 Å². The lowest BCUT2D eigenvalue weighted by Gasteiger charge is -2.18. The summed E-state index contributed by atoms with van der Waals surface area (Å²) in [5.41, 5.74) is 2.72. The summed E-state index contributed by atoms with van der Waals surface area (Å²) in [7, 11) is -1.87. The van der Waals surface area contributed by atoms with E-state index in [4.69, 9.17) is 0 Å². The fraction of sp³-hybridized carbons (Fsp3) is 0.471. The van der Waals surface area contributed by atoms with Crippen molar-refractivity contribution in [1.82, 2.24) is 14.5 Å². The Morgan fingerprint density at radius 1 is 1.17 bits per heavy atom. The molecule has 0 fully saturated rings. The Kier molecular flexibility index (Phi) is 5.26. The number of aryl methyl sites for hydroxylation is 2. The van der Waals surface area contributed by atoms with E-state index in [-0.39, 0.29) is 10.9 Å². The molecule has 1 heterocycles. The lowest BCUT2D eigenvalue weighted by atomic mass is 9.98. The number of nitrogens with one attached hydrogen (secondary N) is 1. The second-order valence-corrected chi connectivity index (χ2v) is 7.84. The third-order valence-electron chi connectivity index (χ3n) is 3.97. The van der Waals surface area contributed by atoms with Crippen LogP contribution >= 0.6 is 0 Å². The molecule has 5 nitrogen and oxygen atoms in total. The molecule has 0 saturated carbocycles.